The van der Waals surface area contributed by atoms with Gasteiger partial charge in [-0.2, -0.15) is 0 Å². The molecule has 0 atom stereocenters. The molecule has 0 fully saturated rings. The molecule has 0 saturated carbocycles. The van der Waals surface area contributed by atoms with E-state index < -0.39 is 5.97 Å². The van der Waals surface area contributed by atoms with Crippen molar-refractivity contribution in [3.05, 3.63) is 29.8 Å². The van der Waals surface area contributed by atoms with Crippen molar-refractivity contribution < 1.29 is 14.3 Å². The van der Waals surface area contributed by atoms with Crippen molar-refractivity contribution in [2.45, 2.75) is 26.7 Å². The molecular weight excluding hydrogens is 244 g/mol. The highest BCUT2D eigenvalue weighted by molar-refractivity contribution is 6.00. The van der Waals surface area contributed by atoms with Gasteiger partial charge in [-0.1, -0.05) is 25.5 Å². The second-order valence-electron chi connectivity index (χ2n) is 4.00. The molecule has 5 nitrogen and oxygen atoms in total. The van der Waals surface area contributed by atoms with Crippen molar-refractivity contribution in [1.82, 2.24) is 5.32 Å². The first-order valence-electron chi connectivity index (χ1n) is 6.50. The largest absolute Gasteiger partial charge is 0.462 e. The molecule has 0 saturated heterocycles. The molecule has 0 bridgehead atoms. The summed E-state index contributed by atoms with van der Waals surface area (Å²) in [5.41, 5.74) is 0.810. The van der Waals surface area contributed by atoms with Gasteiger partial charge in [0, 0.05) is 6.54 Å². The maximum absolute atomic E-state index is 11.7. The van der Waals surface area contributed by atoms with Gasteiger partial charge in [-0.3, -0.25) is 0 Å². The molecule has 0 aromatic heterocycles. The summed E-state index contributed by atoms with van der Waals surface area (Å²) in [6.45, 7) is 4.71. The van der Waals surface area contributed by atoms with Crippen LogP contribution < -0.4 is 10.6 Å². The molecule has 1 aromatic rings. The fourth-order valence-corrected chi connectivity index (χ4v) is 1.52. The molecule has 1 rings (SSSR count). The SMILES string of the molecule is CCCCNC(=O)Nc1ccccc1C(=O)OCC. The normalized spacial score (nSPS) is 9.79. The number of nitrogens with one attached hydrogen (secondary N) is 2. The number of hydrogen-bond acceptors (Lipinski definition) is 3. The Morgan fingerprint density at radius 3 is 2.63 bits per heavy atom. The highest BCUT2D eigenvalue weighted by Crippen LogP contribution is 2.16. The lowest BCUT2D eigenvalue weighted by Gasteiger charge is -2.11. The van der Waals surface area contributed by atoms with Crippen LogP contribution in [0.2, 0.25) is 0 Å². The lowest BCUT2D eigenvalue weighted by atomic mass is 10.2. The number of rotatable bonds is 6. The fourth-order valence-electron chi connectivity index (χ4n) is 1.52. The number of benzene rings is 1. The van der Waals surface area contributed by atoms with Gasteiger partial charge in [0.05, 0.1) is 17.9 Å². The molecule has 0 radical (unpaired) electrons. The number of carbonyl (C=O) groups is 2. The first-order chi connectivity index (χ1) is 9.19. The van der Waals surface area contributed by atoms with Crippen molar-refractivity contribution in [2.75, 3.05) is 18.5 Å². The lowest BCUT2D eigenvalue weighted by Crippen LogP contribution is -2.30. The predicted molar refractivity (Wildman–Crippen MR) is 74.3 cm³/mol. The second-order valence-corrected chi connectivity index (χ2v) is 4.00. The summed E-state index contributed by atoms with van der Waals surface area (Å²) >= 11 is 0. The van der Waals surface area contributed by atoms with Gasteiger partial charge in [-0.25, -0.2) is 9.59 Å². The lowest BCUT2D eigenvalue weighted by molar-refractivity contribution is 0.0527. The third-order valence-corrected chi connectivity index (χ3v) is 2.49. The van der Waals surface area contributed by atoms with Gasteiger partial charge in [0.25, 0.3) is 0 Å². The van der Waals surface area contributed by atoms with Crippen molar-refractivity contribution in [3.8, 4) is 0 Å². The standard InChI is InChI=1S/C14H20N2O3/c1-3-5-10-15-14(18)16-12-9-7-6-8-11(12)13(17)19-4-2/h6-9H,3-5,10H2,1-2H3,(H2,15,16,18). The molecular formula is C14H20N2O3. The Bertz CT molecular complexity index is 432. The first-order valence-corrected chi connectivity index (χ1v) is 6.50. The molecule has 0 unspecified atom stereocenters. The molecule has 19 heavy (non-hydrogen) atoms. The van der Waals surface area contributed by atoms with Crippen LogP contribution in [0.4, 0.5) is 10.5 Å². The van der Waals surface area contributed by atoms with E-state index in [0.29, 0.717) is 24.4 Å². The summed E-state index contributed by atoms with van der Waals surface area (Å²) < 4.78 is 4.94. The van der Waals surface area contributed by atoms with Gasteiger partial charge in [0.15, 0.2) is 0 Å². The molecule has 0 aliphatic carbocycles. The number of carbonyl (C=O) groups excluding carboxylic acids is 2. The minimum Gasteiger partial charge on any atom is -0.462 e. The van der Waals surface area contributed by atoms with Gasteiger partial charge in [0.2, 0.25) is 0 Å². The van der Waals surface area contributed by atoms with Crippen LogP contribution >= 0.6 is 0 Å². The smallest absolute Gasteiger partial charge is 0.340 e. The molecule has 0 aliphatic heterocycles. The Morgan fingerprint density at radius 1 is 1.21 bits per heavy atom. The monoisotopic (exact) mass is 264 g/mol. The van der Waals surface area contributed by atoms with E-state index in [1.54, 1.807) is 31.2 Å². The predicted octanol–water partition coefficient (Wildman–Crippen LogP) is 2.78. The van der Waals surface area contributed by atoms with Gasteiger partial charge >= 0.3 is 12.0 Å². The van der Waals surface area contributed by atoms with Crippen LogP contribution in [-0.2, 0) is 4.74 Å². The van der Waals surface area contributed by atoms with Crippen molar-refractivity contribution in [1.29, 1.82) is 0 Å². The Hall–Kier alpha value is -2.04. The summed E-state index contributed by atoms with van der Waals surface area (Å²) in [6, 6.07) is 6.47. The highest BCUT2D eigenvalue weighted by atomic mass is 16.5. The average molecular weight is 264 g/mol. The average Bonchev–Trinajstić information content (AvgIpc) is 2.40. The summed E-state index contributed by atoms with van der Waals surface area (Å²) in [4.78, 5) is 23.4. The van der Waals surface area contributed by atoms with E-state index in [9.17, 15) is 9.59 Å². The van der Waals surface area contributed by atoms with Crippen LogP contribution in [0.5, 0.6) is 0 Å². The quantitative estimate of drug-likeness (QED) is 0.613. The second kappa shape index (κ2) is 8.13. The van der Waals surface area contributed by atoms with Gasteiger partial charge < -0.3 is 15.4 Å². The number of unbranched alkanes of at least 4 members (excludes halogenated alkanes) is 1. The number of ether oxygens (including phenoxy) is 1. The van der Waals surface area contributed by atoms with Crippen molar-refractivity contribution >= 4 is 17.7 Å². The molecule has 5 heteroatoms. The Morgan fingerprint density at radius 2 is 1.95 bits per heavy atom. The highest BCUT2D eigenvalue weighted by Gasteiger charge is 2.13. The van der Waals surface area contributed by atoms with E-state index in [-0.39, 0.29) is 6.03 Å². The van der Waals surface area contributed by atoms with Crippen molar-refractivity contribution in [3.63, 3.8) is 0 Å². The third kappa shape index (κ3) is 4.99. The molecule has 104 valence electrons. The molecule has 2 amide bonds. The molecule has 1 aromatic carbocycles. The zero-order valence-corrected chi connectivity index (χ0v) is 11.4. The van der Waals surface area contributed by atoms with E-state index in [0.717, 1.165) is 12.8 Å². The number of esters is 1. The summed E-state index contributed by atoms with van der Waals surface area (Å²) in [5, 5.41) is 5.39. The minimum absolute atomic E-state index is 0.301. The maximum atomic E-state index is 11.7. The number of hydrogen-bond donors (Lipinski definition) is 2. The van der Waals surface area contributed by atoms with Crippen LogP contribution in [0.1, 0.15) is 37.0 Å². The molecule has 2 N–H and O–H groups in total. The third-order valence-electron chi connectivity index (χ3n) is 2.49. The zero-order valence-electron chi connectivity index (χ0n) is 11.4. The summed E-state index contributed by atoms with van der Waals surface area (Å²) in [7, 11) is 0. The van der Waals surface area contributed by atoms with Crippen LogP contribution in [0.25, 0.3) is 0 Å². The van der Waals surface area contributed by atoms with Crippen LogP contribution in [0.15, 0.2) is 24.3 Å². The summed E-state index contributed by atoms with van der Waals surface area (Å²) in [5.74, 6) is -0.438. The Balaban J connectivity index is 2.67. The minimum atomic E-state index is -0.438. The Labute approximate surface area is 113 Å². The molecule has 0 aliphatic rings. The number of anilines is 1. The Kier molecular flexibility index (Phi) is 6.43. The van der Waals surface area contributed by atoms with Gasteiger partial charge in [-0.15, -0.1) is 0 Å². The van der Waals surface area contributed by atoms with E-state index in [2.05, 4.69) is 17.6 Å². The van der Waals surface area contributed by atoms with Crippen LogP contribution in [0, 0.1) is 0 Å². The van der Waals surface area contributed by atoms with Crippen LogP contribution in [0.3, 0.4) is 0 Å². The topological polar surface area (TPSA) is 67.4 Å². The number of amides is 2. The van der Waals surface area contributed by atoms with E-state index in [4.69, 9.17) is 4.74 Å². The van der Waals surface area contributed by atoms with Crippen molar-refractivity contribution in [2.24, 2.45) is 0 Å². The maximum Gasteiger partial charge on any atom is 0.340 e. The van der Waals surface area contributed by atoms with E-state index in [1.807, 2.05) is 0 Å². The summed E-state index contributed by atoms with van der Waals surface area (Å²) in [6.07, 6.45) is 1.94. The van der Waals surface area contributed by atoms with E-state index in [1.165, 1.54) is 0 Å². The molecule has 0 spiro atoms. The van der Waals surface area contributed by atoms with Gasteiger partial charge in [-0.05, 0) is 25.5 Å². The number of urea groups is 1. The van der Waals surface area contributed by atoms with Gasteiger partial charge in [0.1, 0.15) is 0 Å². The zero-order chi connectivity index (χ0) is 14.1. The van der Waals surface area contributed by atoms with Crippen LogP contribution in [-0.4, -0.2) is 25.2 Å². The molecule has 0 heterocycles. The number of para-hydroxylation sites is 1. The fraction of sp³-hybridized carbons (Fsp3) is 0.429. The first kappa shape index (κ1) is 15.0. The van der Waals surface area contributed by atoms with E-state index >= 15 is 0 Å².